The van der Waals surface area contributed by atoms with E-state index in [2.05, 4.69) is 21.0 Å². The number of carboxylic acid groups (broad SMARTS) is 1. The molecule has 162 valence electrons. The maximum absolute atomic E-state index is 13.0. The van der Waals surface area contributed by atoms with Crippen LogP contribution in [0.2, 0.25) is 0 Å². The van der Waals surface area contributed by atoms with Crippen LogP contribution in [0.15, 0.2) is 52.0 Å². The Hall–Kier alpha value is -3.08. The van der Waals surface area contributed by atoms with Gasteiger partial charge in [-0.15, -0.1) is 0 Å². The molecular formula is C20H15BrF3N3O4. The highest BCUT2D eigenvalue weighted by atomic mass is 79.9. The van der Waals surface area contributed by atoms with Crippen LogP contribution in [0.25, 0.3) is 0 Å². The van der Waals surface area contributed by atoms with E-state index in [0.717, 1.165) is 27.7 Å². The van der Waals surface area contributed by atoms with Gasteiger partial charge in [0, 0.05) is 22.8 Å². The minimum absolute atomic E-state index is 0.00692. The molecule has 7 nitrogen and oxygen atoms in total. The number of aliphatic carboxylic acids is 1. The van der Waals surface area contributed by atoms with E-state index in [1.165, 1.54) is 11.9 Å². The van der Waals surface area contributed by atoms with Crippen molar-refractivity contribution < 1.29 is 32.6 Å². The third kappa shape index (κ3) is 3.52. The topological polar surface area (TPSA) is 82.4 Å². The van der Waals surface area contributed by atoms with Gasteiger partial charge in [-0.05, 0) is 42.5 Å². The zero-order valence-electron chi connectivity index (χ0n) is 16.0. The number of benzene rings is 2. The summed E-state index contributed by atoms with van der Waals surface area (Å²) < 4.78 is 45.3. The highest BCUT2D eigenvalue weighted by Gasteiger charge is 2.55. The number of urea groups is 1. The summed E-state index contributed by atoms with van der Waals surface area (Å²) in [6.07, 6.45) is -4.58. The quantitative estimate of drug-likeness (QED) is 0.673. The van der Waals surface area contributed by atoms with E-state index in [0.29, 0.717) is 5.69 Å². The normalized spacial score (nSPS) is 19.8. The van der Waals surface area contributed by atoms with Gasteiger partial charge in [-0.3, -0.25) is 9.69 Å². The lowest BCUT2D eigenvalue weighted by molar-refractivity contribution is -0.146. The lowest BCUT2D eigenvalue weighted by atomic mass is 9.79. The Morgan fingerprint density at radius 2 is 1.90 bits per heavy atom. The van der Waals surface area contributed by atoms with Crippen molar-refractivity contribution in [2.24, 2.45) is 10.5 Å². The van der Waals surface area contributed by atoms with Crippen LogP contribution in [-0.4, -0.2) is 48.0 Å². The number of fused-ring (bicyclic) bond motifs is 3. The van der Waals surface area contributed by atoms with Gasteiger partial charge < -0.3 is 9.84 Å². The number of amides is 2. The molecule has 2 heterocycles. The van der Waals surface area contributed by atoms with Crippen LogP contribution in [0, 0.1) is 5.41 Å². The zero-order valence-corrected chi connectivity index (χ0v) is 17.6. The molecule has 4 rings (SSSR count). The van der Waals surface area contributed by atoms with Gasteiger partial charge in [-0.25, -0.2) is 9.80 Å². The summed E-state index contributed by atoms with van der Waals surface area (Å²) in [5.41, 5.74) is -1.94. The van der Waals surface area contributed by atoms with Gasteiger partial charge in [-0.2, -0.15) is 18.3 Å². The van der Waals surface area contributed by atoms with Crippen LogP contribution in [0.1, 0.15) is 11.1 Å². The van der Waals surface area contributed by atoms with E-state index < -0.39 is 35.8 Å². The molecule has 0 saturated carbocycles. The molecule has 2 aliphatic rings. The SMILES string of the molecule is CN(C(=O)N1CC2(C(=O)O)COc3cc(C(F)(F)F)ccc3C2=N1)c1ccc(Br)cc1. The van der Waals surface area contributed by atoms with Crippen LogP contribution in [0.5, 0.6) is 5.75 Å². The van der Waals surface area contributed by atoms with E-state index in [4.69, 9.17) is 4.74 Å². The molecule has 2 amide bonds. The first-order valence-corrected chi connectivity index (χ1v) is 9.80. The molecule has 0 radical (unpaired) electrons. The minimum atomic E-state index is -4.58. The zero-order chi connectivity index (χ0) is 22.6. The van der Waals surface area contributed by atoms with Gasteiger partial charge in [0.2, 0.25) is 0 Å². The highest BCUT2D eigenvalue weighted by Crippen LogP contribution is 2.42. The van der Waals surface area contributed by atoms with Crippen molar-refractivity contribution >= 4 is 39.3 Å². The maximum atomic E-state index is 13.0. The number of rotatable bonds is 2. The van der Waals surface area contributed by atoms with E-state index in [1.807, 2.05) is 0 Å². The monoisotopic (exact) mass is 497 g/mol. The van der Waals surface area contributed by atoms with Gasteiger partial charge in [0.25, 0.3) is 0 Å². The molecular weight excluding hydrogens is 483 g/mol. The predicted octanol–water partition coefficient (Wildman–Crippen LogP) is 4.21. The molecule has 0 aromatic heterocycles. The Morgan fingerprint density at radius 1 is 1.23 bits per heavy atom. The van der Waals surface area contributed by atoms with Gasteiger partial charge in [0.05, 0.1) is 17.8 Å². The number of alkyl halides is 3. The number of hydrogen-bond donors (Lipinski definition) is 1. The third-order valence-corrected chi connectivity index (χ3v) is 5.79. The van der Waals surface area contributed by atoms with Gasteiger partial charge in [-0.1, -0.05) is 15.9 Å². The van der Waals surface area contributed by atoms with Crippen LogP contribution < -0.4 is 9.64 Å². The average Bonchev–Trinajstić information content (AvgIpc) is 3.14. The number of nitrogens with zero attached hydrogens (tertiary/aromatic N) is 3. The lowest BCUT2D eigenvalue weighted by Gasteiger charge is -2.32. The van der Waals surface area contributed by atoms with Crippen LogP contribution >= 0.6 is 15.9 Å². The fourth-order valence-corrected chi connectivity index (χ4v) is 3.78. The number of anilines is 1. The fourth-order valence-electron chi connectivity index (χ4n) is 3.51. The average molecular weight is 498 g/mol. The van der Waals surface area contributed by atoms with Gasteiger partial charge >= 0.3 is 18.2 Å². The minimum Gasteiger partial charge on any atom is -0.491 e. The second-order valence-corrected chi connectivity index (χ2v) is 8.12. The first kappa shape index (κ1) is 21.2. The second kappa shape index (κ2) is 7.26. The van der Waals surface area contributed by atoms with Crippen molar-refractivity contribution in [1.82, 2.24) is 5.01 Å². The number of carbonyl (C=O) groups excluding carboxylic acids is 1. The standard InChI is InChI=1S/C20H15BrF3N3O4/c1-26(13-5-3-12(21)4-6-13)18(30)27-9-19(17(28)29)10-31-15-8-11(20(22,23)24)2-7-14(15)16(19)25-27/h2-8H,9-10H2,1H3,(H,28,29). The predicted molar refractivity (Wildman–Crippen MR) is 108 cm³/mol. The number of carbonyl (C=O) groups is 2. The van der Waals surface area contributed by atoms with Crippen molar-refractivity contribution in [2.45, 2.75) is 6.18 Å². The molecule has 2 aliphatic heterocycles. The molecule has 0 bridgehead atoms. The van der Waals surface area contributed by atoms with Gasteiger partial charge in [0.15, 0.2) is 5.41 Å². The number of ether oxygens (including phenoxy) is 1. The summed E-state index contributed by atoms with van der Waals surface area (Å²) in [5.74, 6) is -1.40. The summed E-state index contributed by atoms with van der Waals surface area (Å²) in [6.45, 7) is -0.751. The van der Waals surface area contributed by atoms with E-state index >= 15 is 0 Å². The fraction of sp³-hybridized carbons (Fsp3) is 0.250. The van der Waals surface area contributed by atoms with Gasteiger partial charge in [0.1, 0.15) is 12.4 Å². The molecule has 1 N–H and O–H groups in total. The number of hydrogen-bond acceptors (Lipinski definition) is 4. The Labute approximate surface area is 182 Å². The maximum Gasteiger partial charge on any atom is 0.416 e. The summed E-state index contributed by atoms with van der Waals surface area (Å²) in [7, 11) is 1.52. The van der Waals surface area contributed by atoms with Crippen LogP contribution in [0.4, 0.5) is 23.7 Å². The highest BCUT2D eigenvalue weighted by molar-refractivity contribution is 9.10. The molecule has 11 heteroatoms. The smallest absolute Gasteiger partial charge is 0.416 e. The number of halogens is 4. The first-order valence-electron chi connectivity index (χ1n) is 9.00. The number of carboxylic acids is 1. The number of hydrazone groups is 1. The van der Waals surface area contributed by atoms with Crippen LogP contribution in [0.3, 0.4) is 0 Å². The van der Waals surface area contributed by atoms with Crippen molar-refractivity contribution in [3.63, 3.8) is 0 Å². The molecule has 0 aliphatic carbocycles. The summed E-state index contributed by atoms with van der Waals surface area (Å²) in [6, 6.07) is 9.07. The molecule has 1 unspecified atom stereocenters. The second-order valence-electron chi connectivity index (χ2n) is 7.21. The molecule has 31 heavy (non-hydrogen) atoms. The first-order chi connectivity index (χ1) is 14.5. The molecule has 0 fully saturated rings. The molecule has 0 saturated heterocycles. The molecule has 0 spiro atoms. The van der Waals surface area contributed by atoms with E-state index in [-0.39, 0.29) is 23.6 Å². The Morgan fingerprint density at radius 3 is 2.52 bits per heavy atom. The largest absolute Gasteiger partial charge is 0.491 e. The lowest BCUT2D eigenvalue weighted by Crippen LogP contribution is -2.50. The van der Waals surface area contributed by atoms with Crippen LogP contribution in [-0.2, 0) is 11.0 Å². The van der Waals surface area contributed by atoms with E-state index in [1.54, 1.807) is 24.3 Å². The Bertz CT molecular complexity index is 1100. The summed E-state index contributed by atoms with van der Waals surface area (Å²) >= 11 is 3.31. The molecule has 2 aromatic rings. The van der Waals surface area contributed by atoms with E-state index in [9.17, 15) is 27.9 Å². The van der Waals surface area contributed by atoms with Crippen molar-refractivity contribution in [3.05, 3.63) is 58.1 Å². The Kier molecular flexibility index (Phi) is 4.95. The summed E-state index contributed by atoms with van der Waals surface area (Å²) in [4.78, 5) is 26.4. The van der Waals surface area contributed by atoms with Crippen molar-refractivity contribution in [3.8, 4) is 5.75 Å². The summed E-state index contributed by atoms with van der Waals surface area (Å²) in [5, 5.41) is 15.1. The molecule has 1 atom stereocenters. The Balaban J connectivity index is 1.71. The van der Waals surface area contributed by atoms with Crippen molar-refractivity contribution in [2.75, 3.05) is 25.1 Å². The third-order valence-electron chi connectivity index (χ3n) is 5.26. The molecule has 2 aromatic carbocycles. The van der Waals surface area contributed by atoms with Crippen molar-refractivity contribution in [1.29, 1.82) is 0 Å².